The first-order valence-electron chi connectivity index (χ1n) is 6.55. The van der Waals surface area contributed by atoms with Crippen LogP contribution in [0.2, 0.25) is 0 Å². The summed E-state index contributed by atoms with van der Waals surface area (Å²) in [5.41, 5.74) is 12.2. The monoisotopic (exact) mass is 274 g/mol. The first-order chi connectivity index (χ1) is 8.70. The van der Waals surface area contributed by atoms with Gasteiger partial charge in [0.25, 0.3) is 0 Å². The van der Waals surface area contributed by atoms with Crippen LogP contribution in [-0.2, 0) is 5.41 Å². The van der Waals surface area contributed by atoms with E-state index in [0.29, 0.717) is 0 Å². The second kappa shape index (κ2) is 4.64. The van der Waals surface area contributed by atoms with Crippen molar-refractivity contribution in [3.05, 3.63) is 33.8 Å². The fraction of sp³-hybridized carbons (Fsp3) is 0.438. The minimum absolute atomic E-state index is 0.0463. The Morgan fingerprint density at radius 2 is 1.58 bits per heavy atom. The van der Waals surface area contributed by atoms with E-state index in [1.165, 1.54) is 16.7 Å². The van der Waals surface area contributed by atoms with E-state index in [-0.39, 0.29) is 5.41 Å². The van der Waals surface area contributed by atoms with E-state index in [2.05, 4.69) is 53.7 Å². The summed E-state index contributed by atoms with van der Waals surface area (Å²) < 4.78 is 0. The van der Waals surface area contributed by atoms with Crippen LogP contribution < -0.4 is 5.73 Å². The predicted molar refractivity (Wildman–Crippen MR) is 84.9 cm³/mol. The van der Waals surface area contributed by atoms with Crippen molar-refractivity contribution in [1.82, 2.24) is 4.98 Å². The maximum atomic E-state index is 6.18. The van der Waals surface area contributed by atoms with Gasteiger partial charge in [0.2, 0.25) is 0 Å². The Hall–Kier alpha value is -1.35. The van der Waals surface area contributed by atoms with Crippen LogP contribution in [0.3, 0.4) is 0 Å². The molecule has 0 spiro atoms. The lowest BCUT2D eigenvalue weighted by Gasteiger charge is -2.13. The van der Waals surface area contributed by atoms with Gasteiger partial charge < -0.3 is 5.73 Å². The molecule has 2 aromatic rings. The first kappa shape index (κ1) is 14.1. The molecule has 0 aliphatic rings. The second-order valence-corrected chi connectivity index (χ2v) is 7.26. The maximum absolute atomic E-state index is 6.18. The largest absolute Gasteiger partial charge is 0.389 e. The van der Waals surface area contributed by atoms with Crippen LogP contribution >= 0.6 is 11.3 Å². The number of anilines is 1. The van der Waals surface area contributed by atoms with Crippen molar-refractivity contribution in [2.24, 2.45) is 0 Å². The number of rotatable bonds is 1. The molecule has 2 nitrogen and oxygen atoms in total. The molecule has 1 aromatic carbocycles. The number of benzene rings is 1. The predicted octanol–water partition coefficient (Wildman–Crippen LogP) is 4.62. The van der Waals surface area contributed by atoms with Gasteiger partial charge in [-0.2, -0.15) is 0 Å². The quantitative estimate of drug-likeness (QED) is 0.824. The van der Waals surface area contributed by atoms with E-state index in [4.69, 9.17) is 10.7 Å². The highest BCUT2D eigenvalue weighted by Crippen LogP contribution is 2.37. The van der Waals surface area contributed by atoms with Crippen molar-refractivity contribution < 1.29 is 0 Å². The number of hydrogen-bond donors (Lipinski definition) is 1. The van der Waals surface area contributed by atoms with Crippen molar-refractivity contribution in [2.45, 2.75) is 47.0 Å². The lowest BCUT2D eigenvalue weighted by molar-refractivity contribution is 0.586. The fourth-order valence-electron chi connectivity index (χ4n) is 2.06. The van der Waals surface area contributed by atoms with Crippen LogP contribution in [0.5, 0.6) is 0 Å². The zero-order valence-corrected chi connectivity index (χ0v) is 13.4. The Morgan fingerprint density at radius 3 is 2.11 bits per heavy atom. The van der Waals surface area contributed by atoms with E-state index in [9.17, 15) is 0 Å². The van der Waals surface area contributed by atoms with Crippen molar-refractivity contribution in [2.75, 3.05) is 5.73 Å². The number of nitrogens with zero attached hydrogens (tertiary/aromatic N) is 1. The van der Waals surface area contributed by atoms with E-state index < -0.39 is 0 Å². The highest BCUT2D eigenvalue weighted by Gasteiger charge is 2.22. The molecule has 2 N–H and O–H groups in total. The maximum Gasteiger partial charge on any atom is 0.114 e. The van der Waals surface area contributed by atoms with Gasteiger partial charge in [-0.25, -0.2) is 4.98 Å². The summed E-state index contributed by atoms with van der Waals surface area (Å²) in [6.07, 6.45) is 0. The highest BCUT2D eigenvalue weighted by molar-refractivity contribution is 7.16. The van der Waals surface area contributed by atoms with Crippen molar-refractivity contribution in [3.63, 3.8) is 0 Å². The summed E-state index contributed by atoms with van der Waals surface area (Å²) >= 11 is 1.60. The number of nitrogens with two attached hydrogens (primary N) is 1. The van der Waals surface area contributed by atoms with Crippen molar-refractivity contribution in [3.8, 4) is 11.3 Å². The van der Waals surface area contributed by atoms with E-state index in [0.717, 1.165) is 21.3 Å². The molecule has 0 amide bonds. The number of nitrogen functional groups attached to an aromatic ring is 1. The zero-order chi connectivity index (χ0) is 14.4. The summed E-state index contributed by atoms with van der Waals surface area (Å²) in [6.45, 7) is 12.9. The molecule has 2 rings (SSSR count). The summed E-state index contributed by atoms with van der Waals surface area (Å²) in [4.78, 5) is 4.78. The first-order valence-corrected chi connectivity index (χ1v) is 7.37. The van der Waals surface area contributed by atoms with Crippen LogP contribution in [0.1, 0.15) is 42.5 Å². The minimum Gasteiger partial charge on any atom is -0.389 e. The Kier molecular flexibility index (Phi) is 3.43. The third-order valence-electron chi connectivity index (χ3n) is 3.39. The van der Waals surface area contributed by atoms with E-state index in [1.54, 1.807) is 11.3 Å². The van der Waals surface area contributed by atoms with E-state index in [1.807, 2.05) is 0 Å². The SMILES string of the molecule is Cc1cc(C)c(-c2nc(C(C)(C)C)sc2N)cc1C. The van der Waals surface area contributed by atoms with E-state index >= 15 is 0 Å². The normalized spacial score (nSPS) is 11.9. The Balaban J connectivity index is 2.60. The topological polar surface area (TPSA) is 38.9 Å². The molecule has 19 heavy (non-hydrogen) atoms. The summed E-state index contributed by atoms with van der Waals surface area (Å²) in [5.74, 6) is 0. The molecule has 1 aromatic heterocycles. The number of thiazole rings is 1. The number of aromatic nitrogens is 1. The van der Waals surface area contributed by atoms with Gasteiger partial charge in [0, 0.05) is 11.0 Å². The summed E-state index contributed by atoms with van der Waals surface area (Å²) in [6, 6.07) is 4.41. The van der Waals surface area contributed by atoms with Gasteiger partial charge in [0.05, 0.1) is 0 Å². The van der Waals surface area contributed by atoms with Gasteiger partial charge in [-0.15, -0.1) is 11.3 Å². The molecule has 1 heterocycles. The Morgan fingerprint density at radius 1 is 1.00 bits per heavy atom. The second-order valence-electron chi connectivity index (χ2n) is 6.23. The van der Waals surface area contributed by atoms with Crippen LogP contribution in [0.15, 0.2) is 12.1 Å². The molecule has 0 saturated carbocycles. The molecular weight excluding hydrogens is 252 g/mol. The van der Waals surface area contributed by atoms with Crippen LogP contribution in [0, 0.1) is 20.8 Å². The molecule has 0 atom stereocenters. The molecule has 0 unspecified atom stereocenters. The molecular formula is C16H22N2S. The van der Waals surface area contributed by atoms with Crippen molar-refractivity contribution in [1.29, 1.82) is 0 Å². The molecule has 0 fully saturated rings. The van der Waals surface area contributed by atoms with Gasteiger partial charge in [-0.1, -0.05) is 26.8 Å². The molecule has 0 saturated heterocycles. The van der Waals surface area contributed by atoms with Crippen LogP contribution in [0.25, 0.3) is 11.3 Å². The highest BCUT2D eigenvalue weighted by atomic mass is 32.1. The average Bonchev–Trinajstić information content (AvgIpc) is 2.65. The van der Waals surface area contributed by atoms with Gasteiger partial charge in [-0.05, 0) is 43.5 Å². The zero-order valence-electron chi connectivity index (χ0n) is 12.6. The lowest BCUT2D eigenvalue weighted by Crippen LogP contribution is -2.10. The van der Waals surface area contributed by atoms with Crippen LogP contribution in [-0.4, -0.2) is 4.98 Å². The summed E-state index contributed by atoms with van der Waals surface area (Å²) in [5, 5.41) is 1.91. The average molecular weight is 274 g/mol. The van der Waals surface area contributed by atoms with Crippen LogP contribution in [0.4, 0.5) is 5.00 Å². The standard InChI is InChI=1S/C16H22N2S/c1-9-7-11(3)12(8-10(9)2)13-14(17)19-15(18-13)16(4,5)6/h7-8H,17H2,1-6H3. The third-order valence-corrected chi connectivity index (χ3v) is 4.70. The van der Waals surface area contributed by atoms with Gasteiger partial charge in [0.1, 0.15) is 15.7 Å². The minimum atomic E-state index is 0.0463. The third kappa shape index (κ3) is 2.66. The molecule has 0 aliphatic heterocycles. The van der Waals surface area contributed by atoms with Gasteiger partial charge in [0.15, 0.2) is 0 Å². The number of hydrogen-bond acceptors (Lipinski definition) is 3. The summed E-state index contributed by atoms with van der Waals surface area (Å²) in [7, 11) is 0. The molecule has 0 radical (unpaired) electrons. The fourth-order valence-corrected chi connectivity index (χ4v) is 2.97. The molecule has 0 bridgehead atoms. The van der Waals surface area contributed by atoms with Crippen molar-refractivity contribution >= 4 is 16.3 Å². The molecule has 0 aliphatic carbocycles. The lowest BCUT2D eigenvalue weighted by atomic mass is 9.97. The smallest absolute Gasteiger partial charge is 0.114 e. The Labute approximate surface area is 119 Å². The molecule has 3 heteroatoms. The van der Waals surface area contributed by atoms with Gasteiger partial charge >= 0.3 is 0 Å². The molecule has 102 valence electrons. The Bertz CT molecular complexity index is 618. The number of aryl methyl sites for hydroxylation is 3. The van der Waals surface area contributed by atoms with Gasteiger partial charge in [-0.3, -0.25) is 0 Å².